The first kappa shape index (κ1) is 19.0. The van der Waals surface area contributed by atoms with Crippen LogP contribution in [0.15, 0.2) is 60.7 Å². The van der Waals surface area contributed by atoms with Gasteiger partial charge in [-0.25, -0.2) is 0 Å². The molecule has 4 aliphatic rings. The molecule has 34 heavy (non-hydrogen) atoms. The monoisotopic (exact) mass is 454 g/mol. The van der Waals surface area contributed by atoms with Crippen molar-refractivity contribution in [1.29, 1.82) is 0 Å². The van der Waals surface area contributed by atoms with Gasteiger partial charge in [0.15, 0.2) is 0 Å². The number of carbonyl (C=O) groups excluding carboxylic acids is 4. The highest BCUT2D eigenvalue weighted by Crippen LogP contribution is 2.54. The van der Waals surface area contributed by atoms with Crippen molar-refractivity contribution in [3.8, 4) is 23.0 Å². The van der Waals surface area contributed by atoms with Gasteiger partial charge in [0.25, 0.3) is 0 Å². The molecular formula is C26H14O8. The molecule has 0 aromatic heterocycles. The zero-order valence-electron chi connectivity index (χ0n) is 17.3. The van der Waals surface area contributed by atoms with Crippen molar-refractivity contribution in [1.82, 2.24) is 0 Å². The molecule has 4 atom stereocenters. The number of esters is 4. The van der Waals surface area contributed by atoms with Crippen LogP contribution in [0, 0.1) is 0 Å². The average Bonchev–Trinajstić information content (AvgIpc) is 3.51. The van der Waals surface area contributed by atoms with Crippen molar-refractivity contribution in [2.24, 2.45) is 0 Å². The molecule has 7 rings (SSSR count). The molecule has 0 radical (unpaired) electrons. The second-order valence-electron chi connectivity index (χ2n) is 8.60. The minimum atomic E-state index is -0.939. The van der Waals surface area contributed by atoms with Gasteiger partial charge in [-0.15, -0.1) is 0 Å². The van der Waals surface area contributed by atoms with Gasteiger partial charge >= 0.3 is 23.9 Å². The number of hydrogen-bond acceptors (Lipinski definition) is 8. The Kier molecular flexibility index (Phi) is 3.66. The summed E-state index contributed by atoms with van der Waals surface area (Å²) in [5.41, 5.74) is 2.07. The third-order valence-electron chi connectivity index (χ3n) is 6.85. The third-order valence-corrected chi connectivity index (χ3v) is 6.85. The summed E-state index contributed by atoms with van der Waals surface area (Å²) >= 11 is 0. The molecule has 8 heteroatoms. The van der Waals surface area contributed by atoms with E-state index in [1.807, 2.05) is 0 Å². The van der Waals surface area contributed by atoms with E-state index in [-0.39, 0.29) is 11.5 Å². The van der Waals surface area contributed by atoms with Crippen LogP contribution < -0.4 is 18.9 Å². The Hall–Kier alpha value is -4.46. The third kappa shape index (κ3) is 2.42. The summed E-state index contributed by atoms with van der Waals surface area (Å²) in [5.74, 6) is -4.61. The van der Waals surface area contributed by atoms with Crippen LogP contribution in [0.4, 0.5) is 0 Å². The van der Waals surface area contributed by atoms with E-state index in [2.05, 4.69) is 0 Å². The maximum Gasteiger partial charge on any atom is 0.320 e. The molecule has 0 N–H and O–H groups in total. The van der Waals surface area contributed by atoms with E-state index in [1.165, 1.54) is 0 Å². The highest BCUT2D eigenvalue weighted by molar-refractivity contribution is 6.00. The minimum absolute atomic E-state index is 0.230. The second-order valence-corrected chi connectivity index (χ2v) is 8.60. The highest BCUT2D eigenvalue weighted by Gasteiger charge is 2.52. The summed E-state index contributed by atoms with van der Waals surface area (Å²) in [6.45, 7) is 0. The van der Waals surface area contributed by atoms with Gasteiger partial charge in [0.2, 0.25) is 0 Å². The molecule has 0 bridgehead atoms. The van der Waals surface area contributed by atoms with Gasteiger partial charge in [-0.05, 0) is 24.3 Å². The van der Waals surface area contributed by atoms with Gasteiger partial charge in [0.05, 0.1) is 0 Å². The molecule has 4 aliphatic heterocycles. The molecular weight excluding hydrogens is 440 g/mol. The van der Waals surface area contributed by atoms with Crippen molar-refractivity contribution in [3.05, 3.63) is 82.9 Å². The molecule has 0 saturated heterocycles. The number of hydrogen-bond donors (Lipinski definition) is 0. The van der Waals surface area contributed by atoms with E-state index >= 15 is 0 Å². The largest absolute Gasteiger partial charge is 0.426 e. The molecule has 0 amide bonds. The normalized spacial score (nSPS) is 25.6. The van der Waals surface area contributed by atoms with Crippen molar-refractivity contribution >= 4 is 23.9 Å². The van der Waals surface area contributed by atoms with E-state index in [4.69, 9.17) is 18.9 Å². The van der Waals surface area contributed by atoms with E-state index in [1.54, 1.807) is 60.7 Å². The van der Waals surface area contributed by atoms with Crippen LogP contribution in [0.2, 0.25) is 0 Å². The lowest BCUT2D eigenvalue weighted by Gasteiger charge is -2.14. The zero-order valence-corrected chi connectivity index (χ0v) is 17.3. The first-order valence-corrected chi connectivity index (χ1v) is 10.7. The van der Waals surface area contributed by atoms with Crippen LogP contribution in [0.3, 0.4) is 0 Å². The summed E-state index contributed by atoms with van der Waals surface area (Å²) in [5, 5.41) is 0. The van der Waals surface area contributed by atoms with Crippen LogP contribution >= 0.6 is 0 Å². The summed E-state index contributed by atoms with van der Waals surface area (Å²) in [6, 6.07) is 16.9. The van der Waals surface area contributed by atoms with Crippen LogP contribution in [0.5, 0.6) is 23.0 Å². The molecule has 3 aromatic rings. The van der Waals surface area contributed by atoms with Crippen molar-refractivity contribution in [3.63, 3.8) is 0 Å². The van der Waals surface area contributed by atoms with Crippen molar-refractivity contribution < 1.29 is 38.1 Å². The summed E-state index contributed by atoms with van der Waals surface area (Å²) < 4.78 is 21.8. The maximum absolute atomic E-state index is 12.9. The van der Waals surface area contributed by atoms with Gasteiger partial charge in [-0.2, -0.15) is 0 Å². The molecule has 4 unspecified atom stereocenters. The molecule has 0 aliphatic carbocycles. The predicted octanol–water partition coefficient (Wildman–Crippen LogP) is 3.10. The first-order chi connectivity index (χ1) is 16.5. The van der Waals surface area contributed by atoms with Crippen LogP contribution in [-0.4, -0.2) is 23.9 Å². The Labute approximate surface area is 192 Å². The number of fused-ring (bicyclic) bond motifs is 4. The van der Waals surface area contributed by atoms with Gasteiger partial charge in [0, 0.05) is 22.3 Å². The average molecular weight is 454 g/mol. The van der Waals surface area contributed by atoms with E-state index in [0.29, 0.717) is 33.8 Å². The Morgan fingerprint density at radius 3 is 1.15 bits per heavy atom. The fourth-order valence-corrected chi connectivity index (χ4v) is 5.37. The van der Waals surface area contributed by atoms with E-state index in [0.717, 1.165) is 0 Å². The number of benzene rings is 3. The van der Waals surface area contributed by atoms with Gasteiger partial charge in [0.1, 0.15) is 46.7 Å². The van der Waals surface area contributed by atoms with Gasteiger partial charge in [-0.3, -0.25) is 19.2 Å². The van der Waals surface area contributed by atoms with Crippen molar-refractivity contribution in [2.45, 2.75) is 23.7 Å². The molecule has 0 spiro atoms. The number of ether oxygens (including phenoxy) is 4. The Balaban J connectivity index is 1.32. The molecule has 8 nitrogen and oxygen atoms in total. The second kappa shape index (κ2) is 6.54. The number of carbonyl (C=O) groups is 4. The smallest absolute Gasteiger partial charge is 0.320 e. The van der Waals surface area contributed by atoms with Crippen molar-refractivity contribution in [2.75, 3.05) is 0 Å². The standard InChI is InChI=1S/C26H14O8/c27-23-19(11-5-1-3-7-15(11)31-23)21-13-9-18-14(10-17(13)33-25(21)29)22(26(30)34-18)20-12-6-2-4-8-16(12)32-24(20)28/h1-10,19-22H. The summed E-state index contributed by atoms with van der Waals surface area (Å²) in [6.07, 6.45) is 0. The zero-order chi connectivity index (χ0) is 23.1. The molecule has 0 fully saturated rings. The lowest BCUT2D eigenvalue weighted by molar-refractivity contribution is -0.141. The maximum atomic E-state index is 12.9. The quantitative estimate of drug-likeness (QED) is 0.430. The molecule has 0 saturated carbocycles. The minimum Gasteiger partial charge on any atom is -0.426 e. The Morgan fingerprint density at radius 2 is 0.735 bits per heavy atom. The fourth-order valence-electron chi connectivity index (χ4n) is 5.37. The lowest BCUT2D eigenvalue weighted by Crippen LogP contribution is -2.24. The lowest BCUT2D eigenvalue weighted by atomic mass is 9.80. The summed E-state index contributed by atoms with van der Waals surface area (Å²) in [4.78, 5) is 51.2. The number of para-hydroxylation sites is 2. The summed E-state index contributed by atoms with van der Waals surface area (Å²) in [7, 11) is 0. The van der Waals surface area contributed by atoms with Gasteiger partial charge < -0.3 is 18.9 Å². The fraction of sp³-hybridized carbons (Fsp3) is 0.154. The topological polar surface area (TPSA) is 105 Å². The van der Waals surface area contributed by atoms with E-state index < -0.39 is 47.5 Å². The van der Waals surface area contributed by atoms with Crippen LogP contribution in [0.25, 0.3) is 0 Å². The van der Waals surface area contributed by atoms with Crippen LogP contribution in [0.1, 0.15) is 45.9 Å². The van der Waals surface area contributed by atoms with Gasteiger partial charge in [-0.1, -0.05) is 36.4 Å². The molecule has 3 aromatic carbocycles. The SMILES string of the molecule is O=C1Oc2ccccc2C1C1C(=O)Oc2cc3c(cc21)OC(=O)C3C1C(=O)Oc2ccccc21. The molecule has 4 heterocycles. The first-order valence-electron chi connectivity index (χ1n) is 10.7. The Morgan fingerprint density at radius 1 is 0.412 bits per heavy atom. The number of rotatable bonds is 2. The highest BCUT2D eigenvalue weighted by atomic mass is 16.6. The molecule has 166 valence electrons. The Bertz CT molecular complexity index is 1360. The predicted molar refractivity (Wildman–Crippen MR) is 113 cm³/mol. The van der Waals surface area contributed by atoms with Crippen LogP contribution in [-0.2, 0) is 19.2 Å². The van der Waals surface area contributed by atoms with E-state index in [9.17, 15) is 19.2 Å².